The van der Waals surface area contributed by atoms with Gasteiger partial charge >= 0.3 is 6.09 Å². The molecule has 1 aliphatic heterocycles. The Morgan fingerprint density at radius 1 is 1.22 bits per heavy atom. The first-order chi connectivity index (χ1) is 8.37. The fraction of sp³-hybridized carbons (Fsp3) is 0.929. The van der Waals surface area contributed by atoms with Crippen LogP contribution in [0.2, 0.25) is 0 Å². The van der Waals surface area contributed by atoms with Crippen LogP contribution < -0.4 is 0 Å². The minimum atomic E-state index is -0.409. The molecular formula is C14H25NO3. The van der Waals surface area contributed by atoms with Crippen LogP contribution in [0.25, 0.3) is 0 Å². The van der Waals surface area contributed by atoms with E-state index in [1.165, 1.54) is 6.42 Å². The Hall–Kier alpha value is -0.770. The first kappa shape index (κ1) is 13.7. The lowest BCUT2D eigenvalue weighted by atomic mass is 9.89. The molecule has 1 saturated carbocycles. The van der Waals surface area contributed by atoms with E-state index in [2.05, 4.69) is 13.8 Å². The van der Waals surface area contributed by atoms with Crippen LogP contribution >= 0.6 is 0 Å². The number of ether oxygens (including phenoxy) is 2. The van der Waals surface area contributed by atoms with Gasteiger partial charge in [0.1, 0.15) is 5.72 Å². The fourth-order valence-corrected chi connectivity index (χ4v) is 3.13. The Bertz CT molecular complexity index is 319. The average Bonchev–Trinajstić information content (AvgIpc) is 2.50. The molecule has 0 bridgehead atoms. The molecule has 1 spiro atoms. The lowest BCUT2D eigenvalue weighted by molar-refractivity contribution is -0.106. The van der Waals surface area contributed by atoms with Crippen LogP contribution in [0.5, 0.6) is 0 Å². The van der Waals surface area contributed by atoms with Gasteiger partial charge < -0.3 is 9.47 Å². The molecule has 0 aromatic carbocycles. The summed E-state index contributed by atoms with van der Waals surface area (Å²) in [4.78, 5) is 14.2. The normalized spacial score (nSPS) is 25.7. The van der Waals surface area contributed by atoms with Crippen LogP contribution in [0.15, 0.2) is 0 Å². The van der Waals surface area contributed by atoms with Gasteiger partial charge in [-0.25, -0.2) is 4.79 Å². The van der Waals surface area contributed by atoms with E-state index < -0.39 is 5.72 Å². The third kappa shape index (κ3) is 2.35. The van der Waals surface area contributed by atoms with E-state index in [1.807, 2.05) is 18.7 Å². The average molecular weight is 255 g/mol. The Labute approximate surface area is 110 Å². The first-order valence-electron chi connectivity index (χ1n) is 7.02. The summed E-state index contributed by atoms with van der Waals surface area (Å²) in [5.41, 5.74) is -0.683. The zero-order valence-electron chi connectivity index (χ0n) is 12.0. The highest BCUT2D eigenvalue weighted by Gasteiger charge is 2.55. The summed E-state index contributed by atoms with van der Waals surface area (Å²) in [5, 5.41) is 0. The Balaban J connectivity index is 2.22. The molecule has 18 heavy (non-hydrogen) atoms. The number of carbonyl (C=O) groups excluding carboxylic acids is 1. The van der Waals surface area contributed by atoms with Crippen molar-refractivity contribution in [3.8, 4) is 0 Å². The summed E-state index contributed by atoms with van der Waals surface area (Å²) in [6.07, 6.45) is 5.04. The molecule has 4 heteroatoms. The molecule has 0 radical (unpaired) electrons. The summed E-state index contributed by atoms with van der Waals surface area (Å²) in [5.74, 6) is 0. The summed E-state index contributed by atoms with van der Waals surface area (Å²) in [6.45, 7) is 8.47. The summed E-state index contributed by atoms with van der Waals surface area (Å²) in [7, 11) is 0. The third-order valence-corrected chi connectivity index (χ3v) is 3.86. The van der Waals surface area contributed by atoms with Gasteiger partial charge in [0.2, 0.25) is 0 Å². The third-order valence-electron chi connectivity index (χ3n) is 3.86. The van der Waals surface area contributed by atoms with Crippen molar-refractivity contribution in [1.29, 1.82) is 0 Å². The summed E-state index contributed by atoms with van der Waals surface area (Å²) >= 11 is 0. The van der Waals surface area contributed by atoms with Crippen molar-refractivity contribution < 1.29 is 14.3 Å². The number of carbonyl (C=O) groups is 1. The maximum Gasteiger partial charge on any atom is 0.412 e. The monoisotopic (exact) mass is 255 g/mol. The number of amides is 1. The Kier molecular flexibility index (Phi) is 3.58. The first-order valence-corrected chi connectivity index (χ1v) is 7.02. The maximum absolute atomic E-state index is 12.4. The molecule has 1 saturated heterocycles. The molecular weight excluding hydrogens is 230 g/mol. The molecule has 4 nitrogen and oxygen atoms in total. The molecule has 2 fully saturated rings. The van der Waals surface area contributed by atoms with Crippen molar-refractivity contribution in [2.45, 2.75) is 77.2 Å². The molecule has 2 aliphatic rings. The van der Waals surface area contributed by atoms with Gasteiger partial charge in [-0.15, -0.1) is 0 Å². The molecule has 104 valence electrons. The zero-order valence-corrected chi connectivity index (χ0v) is 12.0. The molecule has 0 unspecified atom stereocenters. The number of nitrogens with zero attached hydrogens (tertiary/aromatic N) is 1. The van der Waals surface area contributed by atoms with Crippen molar-refractivity contribution in [3.63, 3.8) is 0 Å². The second kappa shape index (κ2) is 4.72. The van der Waals surface area contributed by atoms with Crippen LogP contribution in [0.1, 0.15) is 59.8 Å². The zero-order chi connectivity index (χ0) is 13.4. The van der Waals surface area contributed by atoms with Crippen molar-refractivity contribution >= 4 is 6.09 Å². The van der Waals surface area contributed by atoms with E-state index in [0.717, 1.165) is 25.7 Å². The molecule has 0 N–H and O–H groups in total. The van der Waals surface area contributed by atoms with Gasteiger partial charge in [-0.1, -0.05) is 6.42 Å². The van der Waals surface area contributed by atoms with Gasteiger partial charge in [0, 0.05) is 0 Å². The summed E-state index contributed by atoms with van der Waals surface area (Å²) < 4.78 is 11.4. The number of hydrogen-bond acceptors (Lipinski definition) is 3. The minimum absolute atomic E-state index is 0.0884. The molecule has 0 atom stereocenters. The van der Waals surface area contributed by atoms with E-state index >= 15 is 0 Å². The van der Waals surface area contributed by atoms with Crippen molar-refractivity contribution in [2.24, 2.45) is 0 Å². The van der Waals surface area contributed by atoms with E-state index in [-0.39, 0.29) is 17.7 Å². The van der Waals surface area contributed by atoms with Gasteiger partial charge in [0.05, 0.1) is 18.2 Å². The van der Waals surface area contributed by atoms with Gasteiger partial charge in [-0.2, -0.15) is 0 Å². The highest BCUT2D eigenvalue weighted by molar-refractivity contribution is 5.70. The van der Waals surface area contributed by atoms with Crippen LogP contribution in [-0.4, -0.2) is 35.0 Å². The van der Waals surface area contributed by atoms with E-state index in [0.29, 0.717) is 6.61 Å². The Morgan fingerprint density at radius 3 is 2.39 bits per heavy atom. The second-order valence-corrected chi connectivity index (χ2v) is 6.38. The summed E-state index contributed by atoms with van der Waals surface area (Å²) in [6, 6.07) is 0. The largest absolute Gasteiger partial charge is 0.447 e. The van der Waals surface area contributed by atoms with E-state index in [9.17, 15) is 4.79 Å². The lowest BCUT2D eigenvalue weighted by Gasteiger charge is -2.43. The van der Waals surface area contributed by atoms with Crippen molar-refractivity contribution in [3.05, 3.63) is 0 Å². The molecule has 0 aromatic rings. The van der Waals surface area contributed by atoms with Crippen LogP contribution in [0, 0.1) is 0 Å². The topological polar surface area (TPSA) is 38.8 Å². The smallest absolute Gasteiger partial charge is 0.412 e. The molecule has 0 aromatic heterocycles. The van der Waals surface area contributed by atoms with Gasteiger partial charge in [-0.3, -0.25) is 4.90 Å². The number of hydrogen-bond donors (Lipinski definition) is 0. The fourth-order valence-electron chi connectivity index (χ4n) is 3.13. The van der Waals surface area contributed by atoms with E-state index in [1.54, 1.807) is 0 Å². The highest BCUT2D eigenvalue weighted by Crippen LogP contribution is 2.44. The van der Waals surface area contributed by atoms with Crippen LogP contribution in [0.4, 0.5) is 4.79 Å². The predicted octanol–water partition coefficient (Wildman–Crippen LogP) is 3.30. The minimum Gasteiger partial charge on any atom is -0.447 e. The maximum atomic E-state index is 12.4. The standard InChI is InChI=1S/C14H25NO3/c1-11(2)18-12(16)15-13(3,4)10-17-14(15)8-6-5-7-9-14/h11H,5-10H2,1-4H3. The van der Waals surface area contributed by atoms with Crippen LogP contribution in [-0.2, 0) is 9.47 Å². The van der Waals surface area contributed by atoms with Crippen molar-refractivity contribution in [1.82, 2.24) is 4.90 Å². The van der Waals surface area contributed by atoms with Gasteiger partial charge in [-0.05, 0) is 53.4 Å². The lowest BCUT2D eigenvalue weighted by Crippen LogP contribution is -2.56. The highest BCUT2D eigenvalue weighted by atomic mass is 16.6. The molecule has 1 aliphatic carbocycles. The molecule has 2 rings (SSSR count). The second-order valence-electron chi connectivity index (χ2n) is 6.38. The quantitative estimate of drug-likeness (QED) is 0.721. The van der Waals surface area contributed by atoms with Gasteiger partial charge in [0.15, 0.2) is 0 Å². The van der Waals surface area contributed by atoms with Crippen molar-refractivity contribution in [2.75, 3.05) is 6.61 Å². The predicted molar refractivity (Wildman–Crippen MR) is 69.3 cm³/mol. The van der Waals surface area contributed by atoms with E-state index in [4.69, 9.17) is 9.47 Å². The number of rotatable bonds is 1. The van der Waals surface area contributed by atoms with Crippen LogP contribution in [0.3, 0.4) is 0 Å². The molecule has 1 heterocycles. The molecule has 1 amide bonds. The SMILES string of the molecule is CC(C)OC(=O)N1C(C)(C)COC12CCCCC2. The Morgan fingerprint density at radius 2 is 1.83 bits per heavy atom. The van der Waals surface area contributed by atoms with Gasteiger partial charge in [0.25, 0.3) is 0 Å².